The molecule has 1 saturated heterocycles. The summed E-state index contributed by atoms with van der Waals surface area (Å²) in [6.07, 6.45) is 2.37. The number of piperidine rings is 1. The highest BCUT2D eigenvalue weighted by Gasteiger charge is 2.29. The van der Waals surface area contributed by atoms with Gasteiger partial charge < -0.3 is 10.2 Å². The summed E-state index contributed by atoms with van der Waals surface area (Å²) in [6, 6.07) is -0.0551. The predicted octanol–water partition coefficient (Wildman–Crippen LogP) is 0.587. The first-order valence-electron chi connectivity index (χ1n) is 8.38. The van der Waals surface area contributed by atoms with Crippen LogP contribution in [0.15, 0.2) is 12.7 Å². The molecule has 8 heteroatoms. The minimum Gasteiger partial charge on any atom is -0.352 e. The zero-order valence-corrected chi connectivity index (χ0v) is 15.6. The van der Waals surface area contributed by atoms with Crippen LogP contribution in [0.25, 0.3) is 0 Å². The summed E-state index contributed by atoms with van der Waals surface area (Å²) in [5.74, 6) is -0.258. The molecule has 0 spiro atoms. The normalized spacial score (nSPS) is 16.8. The Morgan fingerprint density at radius 1 is 1.33 bits per heavy atom. The molecule has 0 aromatic heterocycles. The van der Waals surface area contributed by atoms with Gasteiger partial charge in [-0.3, -0.25) is 9.59 Å². The summed E-state index contributed by atoms with van der Waals surface area (Å²) in [5.41, 5.74) is 0. The van der Waals surface area contributed by atoms with E-state index in [4.69, 9.17) is 0 Å². The third kappa shape index (κ3) is 6.24. The molecule has 0 bridgehead atoms. The third-order valence-electron chi connectivity index (χ3n) is 3.96. The van der Waals surface area contributed by atoms with Crippen molar-refractivity contribution in [3.63, 3.8) is 0 Å². The fourth-order valence-electron chi connectivity index (χ4n) is 2.73. The lowest BCUT2D eigenvalue weighted by molar-refractivity contribution is -0.132. The van der Waals surface area contributed by atoms with Crippen LogP contribution in [0.2, 0.25) is 0 Å². The average molecular weight is 359 g/mol. The van der Waals surface area contributed by atoms with Gasteiger partial charge >= 0.3 is 0 Å². The molecule has 1 rings (SSSR count). The number of carbonyl (C=O) groups excluding carboxylic acids is 2. The Balaban J connectivity index is 2.47. The lowest BCUT2D eigenvalue weighted by Gasteiger charge is -2.32. The van der Waals surface area contributed by atoms with Crippen molar-refractivity contribution in [2.45, 2.75) is 39.7 Å². The number of hydrogen-bond donors (Lipinski definition) is 1. The van der Waals surface area contributed by atoms with Crippen LogP contribution in [0.5, 0.6) is 0 Å². The second-order valence-corrected chi connectivity index (χ2v) is 8.48. The van der Waals surface area contributed by atoms with E-state index in [0.29, 0.717) is 32.5 Å². The molecule has 1 aliphatic rings. The largest absolute Gasteiger partial charge is 0.352 e. The molecule has 1 heterocycles. The minimum absolute atomic E-state index is 0.00673. The van der Waals surface area contributed by atoms with Gasteiger partial charge in [0.1, 0.15) is 0 Å². The Hall–Kier alpha value is -1.41. The molecule has 138 valence electrons. The first-order chi connectivity index (χ1) is 11.2. The highest BCUT2D eigenvalue weighted by atomic mass is 32.2. The van der Waals surface area contributed by atoms with Gasteiger partial charge in [-0.2, -0.15) is 0 Å². The van der Waals surface area contributed by atoms with Crippen molar-refractivity contribution in [1.82, 2.24) is 14.5 Å². The molecule has 7 nitrogen and oxygen atoms in total. The van der Waals surface area contributed by atoms with Gasteiger partial charge in [-0.25, -0.2) is 12.7 Å². The number of carbonyl (C=O) groups is 2. The lowest BCUT2D eigenvalue weighted by Crippen LogP contribution is -2.49. The number of likely N-dealkylation sites (N-methyl/N-ethyl adjacent to an activating group) is 1. The van der Waals surface area contributed by atoms with Crippen LogP contribution in [-0.2, 0) is 19.6 Å². The van der Waals surface area contributed by atoms with Gasteiger partial charge in [-0.15, -0.1) is 0 Å². The lowest BCUT2D eigenvalue weighted by atomic mass is 10.1. The smallest absolute Gasteiger partial charge is 0.246 e. The van der Waals surface area contributed by atoms with E-state index in [-0.39, 0.29) is 36.1 Å². The van der Waals surface area contributed by atoms with Gasteiger partial charge in [-0.05, 0) is 31.8 Å². The number of sulfonamides is 1. The Bertz CT molecular complexity index is 552. The molecule has 0 saturated carbocycles. The molecule has 0 aromatic carbocycles. The highest BCUT2D eigenvalue weighted by Crippen LogP contribution is 2.16. The van der Waals surface area contributed by atoms with Crippen molar-refractivity contribution in [2.24, 2.45) is 5.92 Å². The zero-order chi connectivity index (χ0) is 18.3. The Morgan fingerprint density at radius 3 is 2.38 bits per heavy atom. The quantitative estimate of drug-likeness (QED) is 0.643. The molecule has 24 heavy (non-hydrogen) atoms. The first kappa shape index (κ1) is 20.6. The van der Waals surface area contributed by atoms with Gasteiger partial charge in [0.25, 0.3) is 0 Å². The van der Waals surface area contributed by atoms with Crippen LogP contribution in [0.3, 0.4) is 0 Å². The number of amides is 2. The van der Waals surface area contributed by atoms with Crippen LogP contribution in [0, 0.1) is 5.92 Å². The van der Waals surface area contributed by atoms with Crippen molar-refractivity contribution in [3.05, 3.63) is 12.7 Å². The van der Waals surface area contributed by atoms with Crippen LogP contribution in [-0.4, -0.2) is 67.4 Å². The average Bonchev–Trinajstić information content (AvgIpc) is 2.51. The predicted molar refractivity (Wildman–Crippen MR) is 93.8 cm³/mol. The van der Waals surface area contributed by atoms with Crippen LogP contribution in [0.1, 0.15) is 33.6 Å². The summed E-state index contributed by atoms with van der Waals surface area (Å²) < 4.78 is 25.9. The third-order valence-corrected chi connectivity index (χ3v) is 6.20. The van der Waals surface area contributed by atoms with Crippen molar-refractivity contribution in [3.8, 4) is 0 Å². The Kier molecular flexibility index (Phi) is 7.89. The Labute approximate surface area is 145 Å². The van der Waals surface area contributed by atoms with Crippen molar-refractivity contribution in [2.75, 3.05) is 31.9 Å². The van der Waals surface area contributed by atoms with Crippen LogP contribution in [0.4, 0.5) is 0 Å². The monoisotopic (exact) mass is 359 g/mol. The molecule has 0 atom stereocenters. The van der Waals surface area contributed by atoms with E-state index in [2.05, 4.69) is 11.9 Å². The second kappa shape index (κ2) is 9.17. The maximum atomic E-state index is 12.2. The summed E-state index contributed by atoms with van der Waals surface area (Å²) in [4.78, 5) is 25.0. The van der Waals surface area contributed by atoms with Crippen LogP contribution >= 0.6 is 0 Å². The summed E-state index contributed by atoms with van der Waals surface area (Å²) in [5, 5.41) is 2.89. The molecule has 2 amide bonds. The maximum Gasteiger partial charge on any atom is 0.246 e. The highest BCUT2D eigenvalue weighted by molar-refractivity contribution is 7.89. The maximum absolute atomic E-state index is 12.2. The fourth-order valence-corrected chi connectivity index (χ4v) is 4.55. The molecular weight excluding hydrogens is 330 g/mol. The zero-order valence-electron chi connectivity index (χ0n) is 14.8. The number of nitrogens with zero attached hydrogens (tertiary/aromatic N) is 2. The van der Waals surface area contributed by atoms with E-state index in [0.717, 1.165) is 0 Å². The van der Waals surface area contributed by atoms with Gasteiger partial charge in [0.15, 0.2) is 0 Å². The van der Waals surface area contributed by atoms with Gasteiger partial charge in [0, 0.05) is 25.7 Å². The molecule has 0 aromatic rings. The molecule has 0 unspecified atom stereocenters. The van der Waals surface area contributed by atoms with E-state index in [1.807, 2.05) is 13.8 Å². The first-order valence-corrected chi connectivity index (χ1v) is 9.99. The standard InChI is InChI=1S/C16H29N3O4S/c1-5-16(21)18(6-2)11-15(20)17-14-7-9-19(10-8-14)24(22,23)12-13(3)4/h5,13-14H,1,6-12H2,2-4H3,(H,17,20). The summed E-state index contributed by atoms with van der Waals surface area (Å²) >= 11 is 0. The molecular formula is C16H29N3O4S. The van der Waals surface area contributed by atoms with Gasteiger partial charge in [-0.1, -0.05) is 20.4 Å². The van der Waals surface area contributed by atoms with Crippen LogP contribution < -0.4 is 5.32 Å². The molecule has 0 radical (unpaired) electrons. The van der Waals surface area contributed by atoms with Crippen molar-refractivity contribution < 1.29 is 18.0 Å². The topological polar surface area (TPSA) is 86.8 Å². The number of rotatable bonds is 8. The second-order valence-electron chi connectivity index (χ2n) is 6.47. The van der Waals surface area contributed by atoms with E-state index >= 15 is 0 Å². The van der Waals surface area contributed by atoms with E-state index in [1.165, 1.54) is 15.3 Å². The molecule has 1 aliphatic heterocycles. The van der Waals surface area contributed by atoms with E-state index < -0.39 is 10.0 Å². The minimum atomic E-state index is -3.22. The molecule has 0 aliphatic carbocycles. The van der Waals surface area contributed by atoms with Crippen molar-refractivity contribution in [1.29, 1.82) is 0 Å². The molecule has 1 N–H and O–H groups in total. The summed E-state index contributed by atoms with van der Waals surface area (Å²) in [7, 11) is -3.22. The van der Waals surface area contributed by atoms with E-state index in [1.54, 1.807) is 6.92 Å². The number of nitrogens with one attached hydrogen (secondary N) is 1. The SMILES string of the molecule is C=CC(=O)N(CC)CC(=O)NC1CCN(S(=O)(=O)CC(C)C)CC1. The van der Waals surface area contributed by atoms with Crippen molar-refractivity contribution >= 4 is 21.8 Å². The molecule has 1 fully saturated rings. The number of hydrogen-bond acceptors (Lipinski definition) is 4. The Morgan fingerprint density at radius 2 is 1.92 bits per heavy atom. The fraction of sp³-hybridized carbons (Fsp3) is 0.750. The van der Waals surface area contributed by atoms with Gasteiger partial charge in [0.2, 0.25) is 21.8 Å². The van der Waals surface area contributed by atoms with Gasteiger partial charge in [0.05, 0.1) is 12.3 Å². The van der Waals surface area contributed by atoms with E-state index in [9.17, 15) is 18.0 Å². The summed E-state index contributed by atoms with van der Waals surface area (Å²) in [6.45, 7) is 10.3.